The van der Waals surface area contributed by atoms with E-state index < -0.39 is 0 Å². The van der Waals surface area contributed by atoms with E-state index in [0.29, 0.717) is 17.5 Å². The molecule has 3 rings (SSSR count). The van der Waals surface area contributed by atoms with E-state index in [4.69, 9.17) is 0 Å². The topological polar surface area (TPSA) is 52.7 Å². The lowest BCUT2D eigenvalue weighted by molar-refractivity contribution is -0.125. The highest BCUT2D eigenvalue weighted by Gasteiger charge is 2.35. The van der Waals surface area contributed by atoms with E-state index in [-0.39, 0.29) is 24.2 Å². The number of allylic oxidation sites excluding steroid dienone is 1. The summed E-state index contributed by atoms with van der Waals surface area (Å²) in [5.41, 5.74) is 2.14. The second-order valence-corrected chi connectivity index (χ2v) is 11.1. The largest absolute Gasteiger partial charge is 0.321 e. The van der Waals surface area contributed by atoms with Crippen molar-refractivity contribution < 1.29 is 9.59 Å². The molecule has 0 aromatic heterocycles. The van der Waals surface area contributed by atoms with Crippen LogP contribution in [-0.2, 0) is 16.1 Å². The zero-order valence-corrected chi connectivity index (χ0v) is 25.8. The van der Waals surface area contributed by atoms with Crippen molar-refractivity contribution in [2.45, 2.75) is 99.5 Å². The Bertz CT molecular complexity index is 860. The number of hydrogen-bond donors (Lipinski definition) is 1. The van der Waals surface area contributed by atoms with E-state index >= 15 is 0 Å². The minimum atomic E-state index is -0.366. The number of likely N-dealkylation sites (tertiary alicyclic amines) is 1. The Morgan fingerprint density at radius 3 is 2.24 bits per heavy atom. The number of benzene rings is 1. The van der Waals surface area contributed by atoms with Crippen LogP contribution in [-0.4, -0.2) is 36.3 Å². The van der Waals surface area contributed by atoms with Crippen LogP contribution < -0.4 is 10.2 Å². The highest BCUT2D eigenvalue weighted by molar-refractivity contribution is 8.06. The molecule has 2 atom stereocenters. The van der Waals surface area contributed by atoms with Gasteiger partial charge in [0.05, 0.1) is 10.9 Å². The molecule has 0 saturated carbocycles. The molecule has 6 heteroatoms. The molecular weight excluding hydrogens is 490 g/mol. The Balaban J connectivity index is 0.00000172. The summed E-state index contributed by atoms with van der Waals surface area (Å²) in [4.78, 5) is 30.7. The number of hydrogen-bond acceptors (Lipinski definition) is 4. The first-order valence-electron chi connectivity index (χ1n) is 14.8. The molecule has 1 aromatic carbocycles. The maximum absolute atomic E-state index is 12.8. The van der Waals surface area contributed by atoms with Crippen molar-refractivity contribution in [2.24, 2.45) is 11.8 Å². The number of rotatable bonds is 11. The molecule has 2 fully saturated rings. The molecule has 2 heterocycles. The molecule has 5 nitrogen and oxygen atoms in total. The Labute approximate surface area is 237 Å². The molecule has 214 valence electrons. The van der Waals surface area contributed by atoms with Gasteiger partial charge in [-0.25, -0.2) is 0 Å². The Hall–Kier alpha value is -2.05. The van der Waals surface area contributed by atoms with Gasteiger partial charge in [0.25, 0.3) is 0 Å². The average molecular weight is 544 g/mol. The molecule has 38 heavy (non-hydrogen) atoms. The van der Waals surface area contributed by atoms with E-state index in [1.165, 1.54) is 43.0 Å². The third-order valence-electron chi connectivity index (χ3n) is 6.99. The van der Waals surface area contributed by atoms with Crippen LogP contribution in [0.2, 0.25) is 0 Å². The van der Waals surface area contributed by atoms with Crippen molar-refractivity contribution in [2.75, 3.05) is 24.5 Å². The summed E-state index contributed by atoms with van der Waals surface area (Å²) in [6.07, 6.45) is 8.62. The van der Waals surface area contributed by atoms with Crippen molar-refractivity contribution in [3.05, 3.63) is 52.9 Å². The molecule has 2 aliphatic heterocycles. The molecule has 0 aliphatic carbocycles. The van der Waals surface area contributed by atoms with Gasteiger partial charge in [0.2, 0.25) is 11.8 Å². The molecule has 2 amide bonds. The first-order chi connectivity index (χ1) is 18.4. The minimum Gasteiger partial charge on any atom is -0.321 e. The number of nitrogens with zero attached hydrogens (tertiary/aromatic N) is 2. The van der Waals surface area contributed by atoms with Crippen LogP contribution in [0.3, 0.4) is 0 Å². The van der Waals surface area contributed by atoms with Crippen molar-refractivity contribution in [3.63, 3.8) is 0 Å². The summed E-state index contributed by atoms with van der Waals surface area (Å²) in [6, 6.07) is 8.26. The summed E-state index contributed by atoms with van der Waals surface area (Å²) >= 11 is 1.43. The lowest BCUT2D eigenvalue weighted by Crippen LogP contribution is -2.31. The van der Waals surface area contributed by atoms with Gasteiger partial charge < -0.3 is 10.2 Å². The summed E-state index contributed by atoms with van der Waals surface area (Å²) in [6.45, 7) is 24.2. The minimum absolute atomic E-state index is 0.00311. The van der Waals surface area contributed by atoms with Crippen LogP contribution in [0.25, 0.3) is 0 Å². The van der Waals surface area contributed by atoms with Crippen LogP contribution >= 0.6 is 11.8 Å². The molecule has 2 saturated heterocycles. The molecule has 0 radical (unpaired) electrons. The molecule has 2 unspecified atom stereocenters. The number of anilines is 1. The van der Waals surface area contributed by atoms with Crippen LogP contribution in [0.15, 0.2) is 47.4 Å². The summed E-state index contributed by atoms with van der Waals surface area (Å²) < 4.78 is 0. The number of carbonyl (C=O) groups excluding carboxylic acids is 2. The molecule has 2 aliphatic rings. The highest BCUT2D eigenvalue weighted by Crippen LogP contribution is 2.29. The van der Waals surface area contributed by atoms with Crippen LogP contribution in [0.4, 0.5) is 5.69 Å². The van der Waals surface area contributed by atoms with E-state index in [9.17, 15) is 9.59 Å². The van der Waals surface area contributed by atoms with Crippen LogP contribution in [0.1, 0.15) is 98.5 Å². The third-order valence-corrected chi connectivity index (χ3v) is 7.83. The molecule has 1 N–H and O–H groups in total. The molecule has 0 bridgehead atoms. The lowest BCUT2D eigenvalue weighted by Gasteiger charge is -2.21. The van der Waals surface area contributed by atoms with E-state index in [1.807, 2.05) is 39.8 Å². The standard InChI is InChI=1S/C28H41N3O2S.2C2H6/c1-5-21(2)10-11-22(3)34-23(4)29-28(33)25-18-27(32)31(20-25)26-14-12-24(13-15-26)19-30-16-8-6-7-9-17-30;2*1-2/h12-15,21,25H,3-11,16-20H2,1-2H3,(H,29,33);2*1-2H3. The Morgan fingerprint density at radius 1 is 1.05 bits per heavy atom. The van der Waals surface area contributed by atoms with Gasteiger partial charge in [-0.1, -0.05) is 97.9 Å². The normalized spacial score (nSPS) is 18.3. The quantitative estimate of drug-likeness (QED) is 0.306. The SMILES string of the molecule is C=C(CCC(C)CC)SC(=C)NC(=O)C1CC(=O)N(c2ccc(CN3CCCCCC3)cc2)C1.CC.CC. The van der Waals surface area contributed by atoms with E-state index in [2.05, 4.69) is 49.4 Å². The van der Waals surface area contributed by atoms with Gasteiger partial charge >= 0.3 is 0 Å². The third kappa shape index (κ3) is 11.8. The fourth-order valence-corrected chi connectivity index (χ4v) is 5.29. The van der Waals surface area contributed by atoms with Crippen LogP contribution in [0, 0.1) is 11.8 Å². The van der Waals surface area contributed by atoms with E-state index in [0.717, 1.165) is 49.5 Å². The van der Waals surface area contributed by atoms with Crippen molar-refractivity contribution in [3.8, 4) is 0 Å². The first-order valence-corrected chi connectivity index (χ1v) is 15.6. The monoisotopic (exact) mass is 543 g/mol. The zero-order chi connectivity index (χ0) is 28.5. The smallest absolute Gasteiger partial charge is 0.230 e. The zero-order valence-electron chi connectivity index (χ0n) is 25.0. The molecular formula is C32H53N3O2S. The fraction of sp³-hybridized carbons (Fsp3) is 0.625. The second kappa shape index (κ2) is 19.1. The van der Waals surface area contributed by atoms with Gasteiger partial charge in [-0.05, 0) is 67.3 Å². The predicted molar refractivity (Wildman–Crippen MR) is 166 cm³/mol. The van der Waals surface area contributed by atoms with Gasteiger partial charge in [-0.3, -0.25) is 14.5 Å². The van der Waals surface area contributed by atoms with Crippen LogP contribution in [0.5, 0.6) is 0 Å². The summed E-state index contributed by atoms with van der Waals surface area (Å²) in [5.74, 6) is 0.159. The fourth-order valence-electron chi connectivity index (χ4n) is 4.57. The van der Waals surface area contributed by atoms with Crippen molar-refractivity contribution in [1.29, 1.82) is 0 Å². The van der Waals surface area contributed by atoms with Gasteiger partial charge in [-0.15, -0.1) is 0 Å². The summed E-state index contributed by atoms with van der Waals surface area (Å²) in [5, 5.41) is 3.48. The van der Waals surface area contributed by atoms with Gasteiger partial charge in [0.15, 0.2) is 0 Å². The van der Waals surface area contributed by atoms with Gasteiger partial charge in [0, 0.05) is 25.2 Å². The maximum Gasteiger partial charge on any atom is 0.230 e. The second-order valence-electron chi connectivity index (χ2n) is 9.87. The highest BCUT2D eigenvalue weighted by atomic mass is 32.2. The number of carbonyl (C=O) groups is 2. The molecule has 0 spiro atoms. The number of nitrogens with one attached hydrogen (secondary N) is 1. The average Bonchev–Trinajstić information content (AvgIpc) is 3.14. The predicted octanol–water partition coefficient (Wildman–Crippen LogP) is 8.13. The van der Waals surface area contributed by atoms with Gasteiger partial charge in [0.1, 0.15) is 0 Å². The van der Waals surface area contributed by atoms with Crippen molar-refractivity contribution >= 4 is 29.3 Å². The maximum atomic E-state index is 12.8. The Kier molecular flexibility index (Phi) is 17.1. The number of thioether (sulfide) groups is 1. The Morgan fingerprint density at radius 2 is 1.66 bits per heavy atom. The van der Waals surface area contributed by atoms with Crippen molar-refractivity contribution in [1.82, 2.24) is 10.2 Å². The summed E-state index contributed by atoms with van der Waals surface area (Å²) in [7, 11) is 0. The lowest BCUT2D eigenvalue weighted by atomic mass is 10.0. The first kappa shape index (κ1) is 34.0. The van der Waals surface area contributed by atoms with E-state index in [1.54, 1.807) is 4.90 Å². The number of amides is 2. The van der Waals surface area contributed by atoms with Gasteiger partial charge in [-0.2, -0.15) is 0 Å². The molecule has 1 aromatic rings.